The van der Waals surface area contributed by atoms with E-state index < -0.39 is 16.0 Å². The number of aromatic amines is 1. The lowest BCUT2D eigenvalue weighted by Crippen LogP contribution is -2.45. The molecule has 1 fully saturated rings. The quantitative estimate of drug-likeness (QED) is 0.693. The number of H-pyrrole nitrogens is 1. The molecule has 0 aromatic carbocycles. The van der Waals surface area contributed by atoms with Crippen LogP contribution in [0.4, 0.5) is 0 Å². The molecule has 1 aliphatic rings. The van der Waals surface area contributed by atoms with Gasteiger partial charge in [0.15, 0.2) is 5.03 Å². The van der Waals surface area contributed by atoms with Gasteiger partial charge in [-0.1, -0.05) is 6.92 Å². The molecule has 1 aromatic rings. The van der Waals surface area contributed by atoms with E-state index >= 15 is 0 Å². The number of carboxylic acid groups (broad SMARTS) is 1. The Morgan fingerprint density at radius 3 is 2.76 bits per heavy atom. The van der Waals surface area contributed by atoms with Crippen LogP contribution in [-0.2, 0) is 10.0 Å². The van der Waals surface area contributed by atoms with E-state index in [1.54, 1.807) is 0 Å². The molecule has 0 amide bonds. The van der Waals surface area contributed by atoms with Crippen LogP contribution in [0.25, 0.3) is 0 Å². The number of nitrogens with zero attached hydrogens (tertiary/aromatic N) is 2. The van der Waals surface area contributed by atoms with Crippen molar-refractivity contribution < 1.29 is 18.3 Å². The number of hydrogen-bond acceptors (Lipinski definition) is 5. The van der Waals surface area contributed by atoms with Gasteiger partial charge in [-0.05, 0) is 38.9 Å². The summed E-state index contributed by atoms with van der Waals surface area (Å²) in [6.45, 7) is 4.81. The third-order valence-electron chi connectivity index (χ3n) is 3.55. The van der Waals surface area contributed by atoms with E-state index in [9.17, 15) is 13.2 Å². The summed E-state index contributed by atoms with van der Waals surface area (Å²) in [5.41, 5.74) is -0.342. The minimum Gasteiger partial charge on any atom is -0.478 e. The summed E-state index contributed by atoms with van der Waals surface area (Å²) in [5.74, 6) is -1.32. The fourth-order valence-corrected chi connectivity index (χ4v) is 3.90. The molecule has 9 heteroatoms. The summed E-state index contributed by atoms with van der Waals surface area (Å²) in [5, 5.41) is 14.3. The van der Waals surface area contributed by atoms with Crippen LogP contribution in [-0.4, -0.2) is 60.3 Å². The van der Waals surface area contributed by atoms with Crippen LogP contribution in [0.15, 0.2) is 11.2 Å². The molecule has 1 aromatic heterocycles. The Hall–Kier alpha value is -1.45. The fourth-order valence-electron chi connectivity index (χ4n) is 2.50. The monoisotopic (exact) mass is 316 g/mol. The third-order valence-corrected chi connectivity index (χ3v) is 5.05. The maximum Gasteiger partial charge on any atom is 0.340 e. The normalized spacial score (nSPS) is 18.0. The molecule has 3 N–H and O–H groups in total. The van der Waals surface area contributed by atoms with Gasteiger partial charge >= 0.3 is 5.97 Å². The lowest BCUT2D eigenvalue weighted by atomic mass is 10.1. The lowest BCUT2D eigenvalue weighted by Gasteiger charge is -2.31. The zero-order valence-electron chi connectivity index (χ0n) is 11.9. The van der Waals surface area contributed by atoms with Crippen molar-refractivity contribution in [2.24, 2.45) is 0 Å². The Bertz CT molecular complexity index is 590. The highest BCUT2D eigenvalue weighted by atomic mass is 32.2. The van der Waals surface area contributed by atoms with E-state index in [0.29, 0.717) is 0 Å². The first-order valence-corrected chi connectivity index (χ1v) is 8.43. The summed E-state index contributed by atoms with van der Waals surface area (Å²) >= 11 is 0. The minimum absolute atomic E-state index is 0.173. The van der Waals surface area contributed by atoms with Crippen molar-refractivity contribution in [3.63, 3.8) is 0 Å². The number of hydrogen-bond donors (Lipinski definition) is 3. The number of carboxylic acids is 1. The molecule has 0 unspecified atom stereocenters. The summed E-state index contributed by atoms with van der Waals surface area (Å²) in [6, 6.07) is -0.173. The number of rotatable bonds is 6. The highest BCUT2D eigenvalue weighted by Crippen LogP contribution is 2.16. The van der Waals surface area contributed by atoms with E-state index in [-0.39, 0.29) is 16.6 Å². The molecule has 0 atom stereocenters. The zero-order chi connectivity index (χ0) is 15.5. The van der Waals surface area contributed by atoms with Crippen molar-refractivity contribution in [3.8, 4) is 0 Å². The number of aromatic nitrogens is 2. The molecule has 1 saturated heterocycles. The van der Waals surface area contributed by atoms with Crippen molar-refractivity contribution in [2.45, 2.75) is 37.3 Å². The molecule has 118 valence electrons. The van der Waals surface area contributed by atoms with Crippen molar-refractivity contribution in [3.05, 3.63) is 11.8 Å². The van der Waals surface area contributed by atoms with Crippen LogP contribution < -0.4 is 4.72 Å². The maximum absolute atomic E-state index is 12.2. The molecule has 1 aliphatic heterocycles. The van der Waals surface area contributed by atoms with Gasteiger partial charge < -0.3 is 10.0 Å². The predicted octanol–water partition coefficient (Wildman–Crippen LogP) is 0.261. The smallest absolute Gasteiger partial charge is 0.340 e. The molecule has 2 heterocycles. The Labute approximate surface area is 123 Å². The van der Waals surface area contributed by atoms with Gasteiger partial charge in [-0.25, -0.2) is 17.9 Å². The summed E-state index contributed by atoms with van der Waals surface area (Å²) in [7, 11) is -3.89. The van der Waals surface area contributed by atoms with Crippen LogP contribution in [0.2, 0.25) is 0 Å². The van der Waals surface area contributed by atoms with Gasteiger partial charge in [-0.15, -0.1) is 0 Å². The van der Waals surface area contributed by atoms with Crippen LogP contribution in [0.5, 0.6) is 0 Å². The summed E-state index contributed by atoms with van der Waals surface area (Å²) < 4.78 is 27.0. The molecule has 0 aliphatic carbocycles. The van der Waals surface area contributed by atoms with Crippen LogP contribution in [0.3, 0.4) is 0 Å². The molecule has 0 spiro atoms. The second-order valence-corrected chi connectivity index (χ2v) is 6.81. The summed E-state index contributed by atoms with van der Waals surface area (Å²) in [4.78, 5) is 13.3. The van der Waals surface area contributed by atoms with Crippen molar-refractivity contribution in [2.75, 3.05) is 19.6 Å². The fraction of sp³-hybridized carbons (Fsp3) is 0.667. The van der Waals surface area contributed by atoms with Crippen LogP contribution >= 0.6 is 0 Å². The van der Waals surface area contributed by atoms with Gasteiger partial charge in [0, 0.05) is 6.04 Å². The molecule has 0 saturated carbocycles. The Kier molecular flexibility index (Phi) is 4.96. The molecular formula is C12H20N4O4S. The second-order valence-electron chi connectivity index (χ2n) is 5.16. The van der Waals surface area contributed by atoms with E-state index in [1.807, 2.05) is 0 Å². The van der Waals surface area contributed by atoms with Gasteiger partial charge in [0.2, 0.25) is 0 Å². The molecule has 21 heavy (non-hydrogen) atoms. The highest BCUT2D eigenvalue weighted by molar-refractivity contribution is 7.89. The number of piperidine rings is 1. The number of nitrogens with one attached hydrogen (secondary N) is 2. The molecule has 8 nitrogen and oxygen atoms in total. The van der Waals surface area contributed by atoms with Gasteiger partial charge in [0.05, 0.1) is 6.20 Å². The van der Waals surface area contributed by atoms with E-state index in [0.717, 1.165) is 45.1 Å². The summed E-state index contributed by atoms with van der Waals surface area (Å²) in [6.07, 6.45) is 3.51. The van der Waals surface area contributed by atoms with Crippen molar-refractivity contribution >= 4 is 16.0 Å². The molecule has 0 radical (unpaired) electrons. The average molecular weight is 316 g/mol. The molecular weight excluding hydrogens is 296 g/mol. The predicted molar refractivity (Wildman–Crippen MR) is 75.6 cm³/mol. The Morgan fingerprint density at radius 2 is 2.19 bits per heavy atom. The largest absolute Gasteiger partial charge is 0.478 e. The van der Waals surface area contributed by atoms with Gasteiger partial charge in [-0.2, -0.15) is 5.10 Å². The number of carbonyl (C=O) groups is 1. The molecule has 0 bridgehead atoms. The first-order valence-electron chi connectivity index (χ1n) is 6.95. The van der Waals surface area contributed by atoms with E-state index in [2.05, 4.69) is 26.7 Å². The van der Waals surface area contributed by atoms with E-state index in [4.69, 9.17) is 5.11 Å². The van der Waals surface area contributed by atoms with Crippen LogP contribution in [0.1, 0.15) is 36.5 Å². The van der Waals surface area contributed by atoms with Gasteiger partial charge in [0.1, 0.15) is 5.56 Å². The van der Waals surface area contributed by atoms with Crippen LogP contribution in [0, 0.1) is 0 Å². The zero-order valence-corrected chi connectivity index (χ0v) is 12.7. The Balaban J connectivity index is 2.02. The Morgan fingerprint density at radius 1 is 1.52 bits per heavy atom. The van der Waals surface area contributed by atoms with E-state index in [1.165, 1.54) is 0 Å². The second kappa shape index (κ2) is 6.54. The van der Waals surface area contributed by atoms with Gasteiger partial charge in [-0.3, -0.25) is 5.10 Å². The van der Waals surface area contributed by atoms with Crippen molar-refractivity contribution in [1.29, 1.82) is 0 Å². The average Bonchev–Trinajstić information content (AvgIpc) is 2.91. The van der Waals surface area contributed by atoms with Crippen molar-refractivity contribution in [1.82, 2.24) is 19.8 Å². The maximum atomic E-state index is 12.2. The first-order chi connectivity index (χ1) is 9.94. The number of likely N-dealkylation sites (tertiary alicyclic amines) is 1. The number of sulfonamides is 1. The van der Waals surface area contributed by atoms with Gasteiger partial charge in [0.25, 0.3) is 10.0 Å². The first kappa shape index (κ1) is 15.9. The topological polar surface area (TPSA) is 115 Å². The molecule has 2 rings (SSSR count). The standard InChI is InChI=1S/C12H20N4O4S/c1-2-5-16-6-3-9(4-7-16)15-21(19,20)11-10(12(17)18)8-13-14-11/h8-9,15H,2-7H2,1H3,(H,13,14)(H,17,18). The lowest BCUT2D eigenvalue weighted by molar-refractivity contribution is 0.0692. The third kappa shape index (κ3) is 3.80. The SMILES string of the molecule is CCCN1CCC(NS(=O)(=O)c2[nH]ncc2C(=O)O)CC1. The highest BCUT2D eigenvalue weighted by Gasteiger charge is 2.29. The number of aromatic carboxylic acids is 1. The minimum atomic E-state index is -3.89.